The molecule has 6 heteroatoms. The van der Waals surface area contributed by atoms with Crippen molar-refractivity contribution in [1.29, 1.82) is 0 Å². The quantitative estimate of drug-likeness (QED) is 0.497. The molecule has 0 spiro atoms. The molecule has 6 nitrogen and oxygen atoms in total. The number of hydrogen-bond donors (Lipinski definition) is 1. The fourth-order valence-electron chi connectivity index (χ4n) is 2.01. The van der Waals surface area contributed by atoms with Crippen molar-refractivity contribution in [2.24, 2.45) is 5.73 Å². The molecule has 1 aliphatic rings. The van der Waals surface area contributed by atoms with Crippen molar-refractivity contribution in [1.82, 2.24) is 4.90 Å². The fourth-order valence-corrected chi connectivity index (χ4v) is 2.01. The maximum Gasteiger partial charge on any atom is 0.332 e. The summed E-state index contributed by atoms with van der Waals surface area (Å²) in [5.74, 6) is -1.39. The molecule has 110 valence electrons. The van der Waals surface area contributed by atoms with Gasteiger partial charge in [0, 0.05) is 11.8 Å². The zero-order valence-corrected chi connectivity index (χ0v) is 11.7. The number of ether oxygens (including phenoxy) is 1. The van der Waals surface area contributed by atoms with Crippen molar-refractivity contribution >= 4 is 17.8 Å². The molecule has 0 saturated heterocycles. The lowest BCUT2D eigenvalue weighted by molar-refractivity contribution is -0.137. The van der Waals surface area contributed by atoms with Crippen LogP contribution in [-0.4, -0.2) is 35.8 Å². The number of carbonyl (C=O) groups excluding carboxylic acids is 3. The van der Waals surface area contributed by atoms with Gasteiger partial charge in [-0.1, -0.05) is 19.1 Å². The minimum atomic E-state index is -0.578. The Labute approximate surface area is 122 Å². The molecule has 0 fully saturated rings. The van der Waals surface area contributed by atoms with Crippen LogP contribution in [0, 0.1) is 0 Å². The Bertz CT molecular complexity index is 587. The molecule has 0 unspecified atom stereocenters. The van der Waals surface area contributed by atoms with Crippen LogP contribution in [0.1, 0.15) is 34.1 Å². The van der Waals surface area contributed by atoms with Crippen LogP contribution in [0.15, 0.2) is 36.0 Å². The first-order valence-electron chi connectivity index (χ1n) is 6.62. The molecule has 0 radical (unpaired) electrons. The predicted octanol–water partition coefficient (Wildman–Crippen LogP) is 1.08. The van der Waals surface area contributed by atoms with E-state index in [0.717, 1.165) is 11.0 Å². The lowest BCUT2D eigenvalue weighted by atomic mass is 10.1. The molecular weight excluding hydrogens is 272 g/mol. The van der Waals surface area contributed by atoms with Gasteiger partial charge in [-0.15, -0.1) is 0 Å². The number of nitrogens with two attached hydrogens (primary N) is 1. The van der Waals surface area contributed by atoms with Crippen molar-refractivity contribution in [3.8, 4) is 0 Å². The summed E-state index contributed by atoms with van der Waals surface area (Å²) in [6.45, 7) is 2.04. The highest BCUT2D eigenvalue weighted by atomic mass is 16.5. The summed E-state index contributed by atoms with van der Waals surface area (Å²) in [5.41, 5.74) is 6.50. The molecular formula is C15H16N2O4. The van der Waals surface area contributed by atoms with Gasteiger partial charge in [0.15, 0.2) is 0 Å². The maximum atomic E-state index is 12.1. The number of rotatable bonds is 5. The van der Waals surface area contributed by atoms with Gasteiger partial charge in [-0.25, -0.2) is 4.79 Å². The van der Waals surface area contributed by atoms with E-state index in [9.17, 15) is 14.4 Å². The van der Waals surface area contributed by atoms with Gasteiger partial charge < -0.3 is 10.5 Å². The fraction of sp³-hybridized carbons (Fsp3) is 0.267. The van der Waals surface area contributed by atoms with E-state index < -0.39 is 17.8 Å². The van der Waals surface area contributed by atoms with E-state index in [4.69, 9.17) is 10.5 Å². The van der Waals surface area contributed by atoms with Crippen molar-refractivity contribution < 1.29 is 19.1 Å². The number of nitrogens with zero attached hydrogens (tertiary/aromatic N) is 1. The second kappa shape index (κ2) is 6.21. The summed E-state index contributed by atoms with van der Waals surface area (Å²) in [7, 11) is 0. The highest BCUT2D eigenvalue weighted by Gasteiger charge is 2.35. The van der Waals surface area contributed by atoms with E-state index in [1.165, 1.54) is 0 Å². The molecule has 0 bridgehead atoms. The molecule has 0 aromatic heterocycles. The van der Waals surface area contributed by atoms with Crippen LogP contribution >= 0.6 is 0 Å². The summed E-state index contributed by atoms with van der Waals surface area (Å²) in [5, 5.41) is 0. The van der Waals surface area contributed by atoms with E-state index in [-0.39, 0.29) is 12.2 Å². The molecule has 1 aliphatic heterocycles. The molecule has 0 saturated carbocycles. The van der Waals surface area contributed by atoms with Gasteiger partial charge in [0.2, 0.25) is 0 Å². The van der Waals surface area contributed by atoms with Crippen molar-refractivity contribution in [3.05, 3.63) is 47.2 Å². The van der Waals surface area contributed by atoms with E-state index in [1.54, 1.807) is 24.3 Å². The minimum Gasteiger partial charge on any atom is -0.462 e. The van der Waals surface area contributed by atoms with Gasteiger partial charge in [-0.05, 0) is 18.6 Å². The monoisotopic (exact) mass is 288 g/mol. The average molecular weight is 288 g/mol. The van der Waals surface area contributed by atoms with Crippen LogP contribution in [0.5, 0.6) is 0 Å². The minimum absolute atomic E-state index is 0.102. The first kappa shape index (κ1) is 14.8. The van der Waals surface area contributed by atoms with E-state index in [1.807, 2.05) is 6.92 Å². The molecule has 2 N–H and O–H groups in total. The molecule has 0 atom stereocenters. The first-order valence-corrected chi connectivity index (χ1v) is 6.62. The van der Waals surface area contributed by atoms with Crippen LogP contribution in [0.25, 0.3) is 0 Å². The van der Waals surface area contributed by atoms with Crippen molar-refractivity contribution in [3.63, 3.8) is 0 Å². The van der Waals surface area contributed by atoms with Crippen LogP contribution < -0.4 is 5.73 Å². The lowest BCUT2D eigenvalue weighted by Gasteiger charge is -2.13. The Balaban J connectivity index is 2.08. The van der Waals surface area contributed by atoms with Crippen LogP contribution in [-0.2, 0) is 9.53 Å². The number of hydrogen-bond acceptors (Lipinski definition) is 5. The van der Waals surface area contributed by atoms with Crippen LogP contribution in [0.3, 0.4) is 0 Å². The number of amides is 2. The zero-order valence-electron chi connectivity index (χ0n) is 11.7. The summed E-state index contributed by atoms with van der Waals surface area (Å²) in [6.07, 6.45) is 1.80. The van der Waals surface area contributed by atoms with E-state index in [2.05, 4.69) is 0 Å². The number of esters is 1. The van der Waals surface area contributed by atoms with E-state index in [0.29, 0.717) is 24.2 Å². The Kier molecular flexibility index (Phi) is 4.37. The third kappa shape index (κ3) is 3.10. The normalized spacial score (nSPS) is 14.3. The first-order chi connectivity index (χ1) is 10.0. The molecule has 21 heavy (non-hydrogen) atoms. The number of benzene rings is 1. The topological polar surface area (TPSA) is 89.7 Å². The Morgan fingerprint density at radius 1 is 1.24 bits per heavy atom. The molecule has 0 aliphatic carbocycles. The van der Waals surface area contributed by atoms with Crippen molar-refractivity contribution in [2.45, 2.75) is 13.3 Å². The summed E-state index contributed by atoms with van der Waals surface area (Å²) in [6, 6.07) is 6.56. The third-order valence-corrected chi connectivity index (χ3v) is 2.97. The van der Waals surface area contributed by atoms with Gasteiger partial charge in [-0.2, -0.15) is 0 Å². The molecule has 1 aromatic rings. The SMILES string of the molecule is CCCOC(=O)/C=C(\N)CN1C(=O)c2ccccc2C1=O. The average Bonchev–Trinajstić information content (AvgIpc) is 2.71. The second-order valence-electron chi connectivity index (χ2n) is 4.63. The van der Waals surface area contributed by atoms with Crippen LogP contribution in [0.4, 0.5) is 0 Å². The zero-order chi connectivity index (χ0) is 15.4. The Morgan fingerprint density at radius 3 is 2.33 bits per heavy atom. The van der Waals surface area contributed by atoms with Gasteiger partial charge in [0.1, 0.15) is 0 Å². The highest BCUT2D eigenvalue weighted by molar-refractivity contribution is 6.21. The largest absolute Gasteiger partial charge is 0.462 e. The summed E-state index contributed by atoms with van der Waals surface area (Å²) >= 11 is 0. The van der Waals surface area contributed by atoms with Gasteiger partial charge in [0.25, 0.3) is 11.8 Å². The standard InChI is InChI=1S/C15H16N2O4/c1-2-7-21-13(18)8-10(16)9-17-14(19)11-5-3-4-6-12(11)15(17)20/h3-6,8H,2,7,9,16H2,1H3/b10-8-. The Morgan fingerprint density at radius 2 is 1.81 bits per heavy atom. The van der Waals surface area contributed by atoms with E-state index >= 15 is 0 Å². The molecule has 1 heterocycles. The highest BCUT2D eigenvalue weighted by Crippen LogP contribution is 2.22. The molecule has 1 aromatic carbocycles. The number of imide groups is 1. The number of fused-ring (bicyclic) bond motifs is 1. The molecule has 2 rings (SSSR count). The summed E-state index contributed by atoms with van der Waals surface area (Å²) in [4.78, 5) is 36.6. The Hall–Kier alpha value is -2.63. The molecule has 2 amide bonds. The summed E-state index contributed by atoms with van der Waals surface area (Å²) < 4.78 is 4.86. The smallest absolute Gasteiger partial charge is 0.332 e. The van der Waals surface area contributed by atoms with Gasteiger partial charge in [0.05, 0.1) is 24.3 Å². The predicted molar refractivity (Wildman–Crippen MR) is 75.3 cm³/mol. The second-order valence-corrected chi connectivity index (χ2v) is 4.63. The van der Waals surface area contributed by atoms with Crippen molar-refractivity contribution in [2.75, 3.05) is 13.2 Å². The van der Waals surface area contributed by atoms with Gasteiger partial charge in [-0.3, -0.25) is 14.5 Å². The third-order valence-electron chi connectivity index (χ3n) is 2.97. The maximum absolute atomic E-state index is 12.1. The van der Waals surface area contributed by atoms with Gasteiger partial charge >= 0.3 is 5.97 Å². The van der Waals surface area contributed by atoms with Crippen LogP contribution in [0.2, 0.25) is 0 Å². The lowest BCUT2D eigenvalue weighted by Crippen LogP contribution is -2.33. The number of carbonyl (C=O) groups is 3.